The zero-order chi connectivity index (χ0) is 10.7. The van der Waals surface area contributed by atoms with Crippen molar-refractivity contribution in [2.45, 2.75) is 6.54 Å². The first-order chi connectivity index (χ1) is 6.60. The first-order valence-corrected chi connectivity index (χ1v) is 3.79. The van der Waals surface area contributed by atoms with Crippen LogP contribution in [0.25, 0.3) is 0 Å². The Morgan fingerprint density at radius 1 is 1.57 bits per heavy atom. The molecule has 0 unspecified atom stereocenters. The molecule has 0 saturated heterocycles. The Bertz CT molecular complexity index is 421. The summed E-state index contributed by atoms with van der Waals surface area (Å²) in [5.74, 6) is -1.52. The lowest BCUT2D eigenvalue weighted by atomic mass is 10.0. The predicted molar refractivity (Wildman–Crippen MR) is 47.7 cm³/mol. The Morgan fingerprint density at radius 2 is 2.21 bits per heavy atom. The molecule has 0 fully saturated rings. The quantitative estimate of drug-likeness (QED) is 0.629. The SMILES string of the molecule is N#Cc1cc(CN)c(C(=O)O)cc1O. The van der Waals surface area contributed by atoms with Crippen LogP contribution in [0.1, 0.15) is 21.5 Å². The number of phenolic OH excluding ortho intramolecular Hbond substituents is 1. The zero-order valence-corrected chi connectivity index (χ0v) is 7.19. The van der Waals surface area contributed by atoms with E-state index in [1.165, 1.54) is 6.07 Å². The van der Waals surface area contributed by atoms with Crippen molar-refractivity contribution < 1.29 is 15.0 Å². The number of aromatic hydroxyl groups is 1. The van der Waals surface area contributed by atoms with E-state index in [1.54, 1.807) is 6.07 Å². The summed E-state index contributed by atoms with van der Waals surface area (Å²) >= 11 is 0. The van der Waals surface area contributed by atoms with Gasteiger partial charge in [0.1, 0.15) is 11.8 Å². The number of carbonyl (C=O) groups is 1. The van der Waals surface area contributed by atoms with E-state index in [4.69, 9.17) is 16.1 Å². The molecule has 0 atom stereocenters. The second kappa shape index (κ2) is 3.77. The van der Waals surface area contributed by atoms with Crippen LogP contribution in [0.15, 0.2) is 12.1 Å². The second-order valence-electron chi connectivity index (χ2n) is 2.65. The molecule has 0 radical (unpaired) electrons. The van der Waals surface area contributed by atoms with Crippen LogP contribution in [0.3, 0.4) is 0 Å². The van der Waals surface area contributed by atoms with Gasteiger partial charge < -0.3 is 15.9 Å². The average Bonchev–Trinajstić information content (AvgIpc) is 2.17. The Morgan fingerprint density at radius 3 is 2.64 bits per heavy atom. The van der Waals surface area contributed by atoms with Crippen molar-refractivity contribution in [1.29, 1.82) is 5.26 Å². The van der Waals surface area contributed by atoms with E-state index in [0.717, 1.165) is 6.07 Å². The molecule has 0 heterocycles. The maximum Gasteiger partial charge on any atom is 0.336 e. The molecule has 5 nitrogen and oxygen atoms in total. The van der Waals surface area contributed by atoms with E-state index >= 15 is 0 Å². The van der Waals surface area contributed by atoms with Crippen molar-refractivity contribution in [2.75, 3.05) is 0 Å². The molecular formula is C9H8N2O3. The number of nitriles is 1. The highest BCUT2D eigenvalue weighted by atomic mass is 16.4. The number of nitrogens with zero attached hydrogens (tertiary/aromatic N) is 1. The number of carboxylic acid groups (broad SMARTS) is 1. The number of hydrogen-bond donors (Lipinski definition) is 3. The lowest BCUT2D eigenvalue weighted by molar-refractivity contribution is 0.0695. The van der Waals surface area contributed by atoms with E-state index in [-0.39, 0.29) is 23.4 Å². The molecule has 0 saturated carbocycles. The maximum absolute atomic E-state index is 10.7. The summed E-state index contributed by atoms with van der Waals surface area (Å²) in [7, 11) is 0. The fourth-order valence-corrected chi connectivity index (χ4v) is 1.09. The molecule has 0 aliphatic heterocycles. The lowest BCUT2D eigenvalue weighted by Crippen LogP contribution is -2.07. The molecule has 0 aliphatic carbocycles. The lowest BCUT2D eigenvalue weighted by Gasteiger charge is -2.05. The fourth-order valence-electron chi connectivity index (χ4n) is 1.09. The van der Waals surface area contributed by atoms with Crippen LogP contribution in [0.4, 0.5) is 0 Å². The number of aromatic carboxylic acids is 1. The van der Waals surface area contributed by atoms with Gasteiger partial charge in [-0.05, 0) is 17.7 Å². The van der Waals surface area contributed by atoms with Gasteiger partial charge in [0.2, 0.25) is 0 Å². The Hall–Kier alpha value is -2.06. The number of nitrogens with two attached hydrogens (primary N) is 1. The summed E-state index contributed by atoms with van der Waals surface area (Å²) in [6.45, 7) is 0.0105. The monoisotopic (exact) mass is 192 g/mol. The molecule has 1 rings (SSSR count). The summed E-state index contributed by atoms with van der Waals surface area (Å²) in [5, 5.41) is 26.5. The minimum Gasteiger partial charge on any atom is -0.507 e. The molecule has 0 spiro atoms. The molecule has 1 aromatic rings. The number of phenols is 1. The van der Waals surface area contributed by atoms with Crippen LogP contribution < -0.4 is 5.73 Å². The molecule has 0 amide bonds. The van der Waals surface area contributed by atoms with Crippen molar-refractivity contribution >= 4 is 5.97 Å². The summed E-state index contributed by atoms with van der Waals surface area (Å²) in [6, 6.07) is 4.05. The molecule has 1 aromatic carbocycles. The van der Waals surface area contributed by atoms with E-state index in [2.05, 4.69) is 0 Å². The molecule has 0 aromatic heterocycles. The topological polar surface area (TPSA) is 107 Å². The highest BCUT2D eigenvalue weighted by Crippen LogP contribution is 2.21. The minimum absolute atomic E-state index is 0.0105. The third-order valence-electron chi connectivity index (χ3n) is 1.79. The van der Waals surface area contributed by atoms with Gasteiger partial charge in [0.25, 0.3) is 0 Å². The predicted octanol–water partition coefficient (Wildman–Crippen LogP) is 0.421. The minimum atomic E-state index is -1.18. The van der Waals surface area contributed by atoms with Crippen LogP contribution in [0, 0.1) is 11.3 Å². The summed E-state index contributed by atoms with van der Waals surface area (Å²) in [4.78, 5) is 10.7. The van der Waals surface area contributed by atoms with Gasteiger partial charge in [-0.25, -0.2) is 4.79 Å². The highest BCUT2D eigenvalue weighted by molar-refractivity contribution is 5.90. The van der Waals surface area contributed by atoms with Gasteiger partial charge in [-0.15, -0.1) is 0 Å². The van der Waals surface area contributed by atoms with Gasteiger partial charge in [-0.3, -0.25) is 0 Å². The molecular weight excluding hydrogens is 184 g/mol. The van der Waals surface area contributed by atoms with Crippen LogP contribution in [-0.2, 0) is 6.54 Å². The molecule has 0 aliphatic rings. The van der Waals surface area contributed by atoms with E-state index in [9.17, 15) is 9.90 Å². The van der Waals surface area contributed by atoms with Gasteiger partial charge >= 0.3 is 5.97 Å². The standard InChI is InChI=1S/C9H8N2O3/c10-3-5-1-6(4-11)8(12)2-7(5)9(13)14/h1-2,12H,3,10H2,(H,13,14). The Balaban J connectivity index is 3.41. The Kier molecular flexibility index (Phi) is 2.70. The summed E-state index contributed by atoms with van der Waals surface area (Å²) < 4.78 is 0. The summed E-state index contributed by atoms with van der Waals surface area (Å²) in [5.41, 5.74) is 5.58. The van der Waals surface area contributed by atoms with Crippen molar-refractivity contribution in [3.8, 4) is 11.8 Å². The van der Waals surface area contributed by atoms with Crippen molar-refractivity contribution in [1.82, 2.24) is 0 Å². The van der Waals surface area contributed by atoms with Gasteiger partial charge in [-0.1, -0.05) is 0 Å². The van der Waals surface area contributed by atoms with Crippen molar-refractivity contribution in [3.05, 3.63) is 28.8 Å². The van der Waals surface area contributed by atoms with Gasteiger partial charge in [-0.2, -0.15) is 5.26 Å². The van der Waals surface area contributed by atoms with Gasteiger partial charge in [0.05, 0.1) is 11.1 Å². The molecule has 14 heavy (non-hydrogen) atoms. The maximum atomic E-state index is 10.7. The molecule has 4 N–H and O–H groups in total. The molecule has 72 valence electrons. The largest absolute Gasteiger partial charge is 0.507 e. The van der Waals surface area contributed by atoms with E-state index in [0.29, 0.717) is 5.56 Å². The normalized spacial score (nSPS) is 9.43. The van der Waals surface area contributed by atoms with E-state index in [1.807, 2.05) is 0 Å². The smallest absolute Gasteiger partial charge is 0.336 e. The molecule has 5 heteroatoms. The third kappa shape index (κ3) is 1.65. The third-order valence-corrected chi connectivity index (χ3v) is 1.79. The highest BCUT2D eigenvalue weighted by Gasteiger charge is 2.13. The van der Waals surface area contributed by atoms with Crippen molar-refractivity contribution in [2.24, 2.45) is 5.73 Å². The zero-order valence-electron chi connectivity index (χ0n) is 7.19. The number of hydrogen-bond acceptors (Lipinski definition) is 4. The summed E-state index contributed by atoms with van der Waals surface area (Å²) in [6.07, 6.45) is 0. The number of rotatable bonds is 2. The average molecular weight is 192 g/mol. The molecule has 0 bridgehead atoms. The van der Waals surface area contributed by atoms with Gasteiger partial charge in [0.15, 0.2) is 0 Å². The van der Waals surface area contributed by atoms with Crippen LogP contribution in [0.5, 0.6) is 5.75 Å². The number of carboxylic acids is 1. The van der Waals surface area contributed by atoms with Crippen LogP contribution >= 0.6 is 0 Å². The van der Waals surface area contributed by atoms with Crippen LogP contribution in [-0.4, -0.2) is 16.2 Å². The second-order valence-corrected chi connectivity index (χ2v) is 2.65. The van der Waals surface area contributed by atoms with Crippen molar-refractivity contribution in [3.63, 3.8) is 0 Å². The van der Waals surface area contributed by atoms with Gasteiger partial charge in [0, 0.05) is 6.54 Å². The Labute approximate surface area is 80.0 Å². The first kappa shape index (κ1) is 10.0. The first-order valence-electron chi connectivity index (χ1n) is 3.79. The van der Waals surface area contributed by atoms with Crippen LogP contribution in [0.2, 0.25) is 0 Å². The number of benzene rings is 1. The van der Waals surface area contributed by atoms with E-state index < -0.39 is 5.97 Å². The fraction of sp³-hybridized carbons (Fsp3) is 0.111.